The van der Waals surface area contributed by atoms with Crippen molar-refractivity contribution in [2.45, 2.75) is 50.4 Å². The average molecular weight is 387 g/mol. The molecule has 2 fully saturated rings. The highest BCUT2D eigenvalue weighted by molar-refractivity contribution is 5.92. The number of oxazole rings is 1. The van der Waals surface area contributed by atoms with E-state index in [0.717, 1.165) is 0 Å². The van der Waals surface area contributed by atoms with Gasteiger partial charge in [0.1, 0.15) is 11.6 Å². The predicted molar refractivity (Wildman–Crippen MR) is 101 cm³/mol. The van der Waals surface area contributed by atoms with Crippen molar-refractivity contribution in [3.05, 3.63) is 30.2 Å². The van der Waals surface area contributed by atoms with Crippen LogP contribution < -0.4 is 5.32 Å². The summed E-state index contributed by atoms with van der Waals surface area (Å²) in [5, 5.41) is 13.9. The van der Waals surface area contributed by atoms with Crippen LogP contribution in [0.15, 0.2) is 28.7 Å². The third kappa shape index (κ3) is 3.16. The van der Waals surface area contributed by atoms with E-state index < -0.39 is 17.2 Å². The third-order valence-corrected chi connectivity index (χ3v) is 5.95. The molecule has 2 aromatic rings. The van der Waals surface area contributed by atoms with Crippen molar-refractivity contribution in [2.75, 3.05) is 19.7 Å². The fourth-order valence-corrected chi connectivity index (χ4v) is 4.40. The van der Waals surface area contributed by atoms with Crippen molar-refractivity contribution in [1.29, 1.82) is 0 Å². The summed E-state index contributed by atoms with van der Waals surface area (Å²) in [6.07, 6.45) is 0.658. The van der Waals surface area contributed by atoms with Crippen LogP contribution in [-0.4, -0.2) is 63.7 Å². The van der Waals surface area contributed by atoms with Gasteiger partial charge >= 0.3 is 5.91 Å². The van der Waals surface area contributed by atoms with Gasteiger partial charge in [0.15, 0.2) is 5.58 Å². The number of amides is 2. The second-order valence-corrected chi connectivity index (χ2v) is 7.94. The number of hydrogen-bond acceptors (Lipinski definition) is 6. The summed E-state index contributed by atoms with van der Waals surface area (Å²) in [5.41, 5.74) is -0.280. The minimum absolute atomic E-state index is 0.0744. The van der Waals surface area contributed by atoms with Gasteiger partial charge in [0.2, 0.25) is 5.91 Å². The average Bonchev–Trinajstić information content (AvgIpc) is 3.10. The van der Waals surface area contributed by atoms with Crippen molar-refractivity contribution in [2.24, 2.45) is 0 Å². The quantitative estimate of drug-likeness (QED) is 0.809. The highest BCUT2D eigenvalue weighted by Crippen LogP contribution is 2.40. The Morgan fingerprint density at radius 2 is 1.96 bits per heavy atom. The summed E-state index contributed by atoms with van der Waals surface area (Å²) in [6, 6.07) is 7.26. The van der Waals surface area contributed by atoms with Gasteiger partial charge in [0, 0.05) is 26.6 Å². The third-order valence-electron chi connectivity index (χ3n) is 5.95. The molecule has 28 heavy (non-hydrogen) atoms. The van der Waals surface area contributed by atoms with Crippen LogP contribution in [0, 0.1) is 0 Å². The van der Waals surface area contributed by atoms with Crippen LogP contribution in [0.25, 0.3) is 11.1 Å². The fourth-order valence-electron chi connectivity index (χ4n) is 4.40. The Bertz CT molecular complexity index is 869. The molecule has 0 saturated carbocycles. The fraction of sp³-hybridized carbons (Fsp3) is 0.550. The number of aliphatic hydroxyl groups is 1. The maximum absolute atomic E-state index is 12.8. The molecule has 0 bridgehead atoms. The molecule has 2 atom stereocenters. The van der Waals surface area contributed by atoms with Gasteiger partial charge in [-0.1, -0.05) is 12.1 Å². The zero-order valence-electron chi connectivity index (χ0n) is 16.1. The topological polar surface area (TPSA) is 105 Å². The van der Waals surface area contributed by atoms with E-state index >= 15 is 0 Å². The van der Waals surface area contributed by atoms with E-state index in [-0.39, 0.29) is 17.7 Å². The minimum atomic E-state index is -0.848. The Labute approximate surface area is 162 Å². The smallest absolute Gasteiger partial charge is 0.309 e. The van der Waals surface area contributed by atoms with E-state index in [2.05, 4.69) is 10.3 Å². The summed E-state index contributed by atoms with van der Waals surface area (Å²) in [4.78, 5) is 30.3. The summed E-state index contributed by atoms with van der Waals surface area (Å²) in [6.45, 7) is 4.59. The number of benzene rings is 1. The number of carbonyl (C=O) groups is 2. The summed E-state index contributed by atoms with van der Waals surface area (Å²) < 4.78 is 11.6. The standard InChI is InChI=1S/C20H25N3O5/c1-13(24)22-19(2)9-12-27-20(18(19)26)7-10-23(11-8-20)17(25)16-21-14-5-3-4-6-15(14)28-16/h3-6,18,26H,7-12H2,1-2H3,(H,22,24)/t18-,19+/m1/s1. The normalized spacial score (nSPS) is 27.1. The molecule has 1 aromatic carbocycles. The number of aliphatic hydroxyl groups excluding tert-OH is 1. The molecule has 3 heterocycles. The van der Waals surface area contributed by atoms with E-state index in [0.29, 0.717) is 50.1 Å². The molecule has 2 N–H and O–H groups in total. The molecule has 1 aromatic heterocycles. The lowest BCUT2D eigenvalue weighted by Gasteiger charge is -2.53. The number of ether oxygens (including phenoxy) is 1. The lowest BCUT2D eigenvalue weighted by molar-refractivity contribution is -0.205. The van der Waals surface area contributed by atoms with Gasteiger partial charge in [0.05, 0.1) is 11.1 Å². The molecule has 0 unspecified atom stereocenters. The van der Waals surface area contributed by atoms with Gasteiger partial charge in [-0.25, -0.2) is 4.98 Å². The molecule has 2 amide bonds. The zero-order valence-corrected chi connectivity index (χ0v) is 16.1. The van der Waals surface area contributed by atoms with Gasteiger partial charge in [-0.05, 0) is 38.3 Å². The first kappa shape index (κ1) is 18.9. The Morgan fingerprint density at radius 3 is 2.64 bits per heavy atom. The van der Waals surface area contributed by atoms with Gasteiger partial charge in [-0.3, -0.25) is 9.59 Å². The summed E-state index contributed by atoms with van der Waals surface area (Å²) >= 11 is 0. The maximum Gasteiger partial charge on any atom is 0.309 e. The van der Waals surface area contributed by atoms with E-state index in [1.54, 1.807) is 17.0 Å². The predicted octanol–water partition coefficient (Wildman–Crippen LogP) is 1.48. The second-order valence-electron chi connectivity index (χ2n) is 7.94. The van der Waals surface area contributed by atoms with Gasteiger partial charge in [-0.2, -0.15) is 0 Å². The highest BCUT2D eigenvalue weighted by atomic mass is 16.5. The number of piperidine rings is 1. The number of rotatable bonds is 2. The zero-order chi connectivity index (χ0) is 19.9. The number of carbonyl (C=O) groups excluding carboxylic acids is 2. The molecule has 4 rings (SSSR count). The molecule has 2 aliphatic rings. The Morgan fingerprint density at radius 1 is 1.25 bits per heavy atom. The first-order valence-electron chi connectivity index (χ1n) is 9.59. The second kappa shape index (κ2) is 6.86. The first-order valence-corrected chi connectivity index (χ1v) is 9.59. The molecule has 2 saturated heterocycles. The van der Waals surface area contributed by atoms with Crippen LogP contribution in [0.4, 0.5) is 0 Å². The molecule has 2 aliphatic heterocycles. The number of fused-ring (bicyclic) bond motifs is 1. The Balaban J connectivity index is 1.47. The molecule has 8 nitrogen and oxygen atoms in total. The van der Waals surface area contributed by atoms with Crippen LogP contribution in [0.5, 0.6) is 0 Å². The van der Waals surface area contributed by atoms with E-state index in [9.17, 15) is 14.7 Å². The lowest BCUT2D eigenvalue weighted by atomic mass is 9.73. The number of nitrogens with one attached hydrogen (secondary N) is 1. The highest BCUT2D eigenvalue weighted by Gasteiger charge is 2.54. The first-order chi connectivity index (χ1) is 13.3. The van der Waals surface area contributed by atoms with Crippen molar-refractivity contribution < 1.29 is 23.8 Å². The van der Waals surface area contributed by atoms with Gasteiger partial charge < -0.3 is 24.5 Å². The summed E-state index contributed by atoms with van der Waals surface area (Å²) in [5.74, 6) is -0.367. The van der Waals surface area contributed by atoms with Crippen LogP contribution in [0.1, 0.15) is 43.8 Å². The molecule has 150 valence electrons. The van der Waals surface area contributed by atoms with Crippen molar-refractivity contribution >= 4 is 22.9 Å². The molecule has 0 radical (unpaired) electrons. The number of nitrogens with zero attached hydrogens (tertiary/aromatic N) is 2. The number of para-hydroxylation sites is 2. The van der Waals surface area contributed by atoms with Crippen LogP contribution >= 0.6 is 0 Å². The van der Waals surface area contributed by atoms with Gasteiger partial charge in [-0.15, -0.1) is 0 Å². The summed E-state index contributed by atoms with van der Waals surface area (Å²) in [7, 11) is 0. The Kier molecular flexibility index (Phi) is 4.63. The van der Waals surface area contributed by atoms with Crippen molar-refractivity contribution in [3.63, 3.8) is 0 Å². The van der Waals surface area contributed by atoms with Crippen molar-refractivity contribution in [3.8, 4) is 0 Å². The van der Waals surface area contributed by atoms with Crippen LogP contribution in [0.3, 0.4) is 0 Å². The van der Waals surface area contributed by atoms with Crippen LogP contribution in [-0.2, 0) is 9.53 Å². The monoisotopic (exact) mass is 387 g/mol. The SMILES string of the molecule is CC(=O)N[C@@]1(C)CCOC2(CCN(C(=O)c3nc4ccccc4o3)CC2)[C@@H]1O. The van der Waals surface area contributed by atoms with E-state index in [1.807, 2.05) is 19.1 Å². The molecule has 0 aliphatic carbocycles. The minimum Gasteiger partial charge on any atom is -0.432 e. The van der Waals surface area contributed by atoms with Gasteiger partial charge in [0.25, 0.3) is 5.89 Å². The lowest BCUT2D eigenvalue weighted by Crippen LogP contribution is -2.69. The van der Waals surface area contributed by atoms with E-state index in [4.69, 9.17) is 9.15 Å². The number of hydrogen-bond donors (Lipinski definition) is 2. The van der Waals surface area contributed by atoms with E-state index in [1.165, 1.54) is 6.92 Å². The van der Waals surface area contributed by atoms with Crippen molar-refractivity contribution in [1.82, 2.24) is 15.2 Å². The molecular weight excluding hydrogens is 362 g/mol. The molecular formula is C20H25N3O5. The number of likely N-dealkylation sites (tertiary alicyclic amines) is 1. The maximum atomic E-state index is 12.8. The number of aromatic nitrogens is 1. The largest absolute Gasteiger partial charge is 0.432 e. The molecule has 8 heteroatoms. The molecule has 1 spiro atoms. The van der Waals surface area contributed by atoms with Crippen LogP contribution in [0.2, 0.25) is 0 Å². The Hall–Kier alpha value is -2.45.